The van der Waals surface area contributed by atoms with Crippen LogP contribution in [0.4, 0.5) is 5.69 Å². The van der Waals surface area contributed by atoms with Gasteiger partial charge < -0.3 is 19.1 Å². The Morgan fingerprint density at radius 1 is 1.03 bits per heavy atom. The number of benzene rings is 1. The summed E-state index contributed by atoms with van der Waals surface area (Å²) in [5, 5.41) is 5.70. The monoisotopic (exact) mass is 557 g/mol. The molecule has 0 aliphatic carbocycles. The summed E-state index contributed by atoms with van der Waals surface area (Å²) in [5.74, 6) is 1.04. The topological polar surface area (TPSA) is 64.9 Å². The van der Waals surface area contributed by atoms with E-state index >= 15 is 0 Å². The van der Waals surface area contributed by atoms with Crippen LogP contribution in [0, 0.1) is 6.92 Å². The Bertz CT molecular complexity index is 1320. The van der Waals surface area contributed by atoms with Gasteiger partial charge in [-0.05, 0) is 31.6 Å². The quantitative estimate of drug-likeness (QED) is 0.372. The molecule has 0 N–H and O–H groups in total. The molecule has 5 rings (SSSR count). The molecule has 2 aliphatic rings. The van der Waals surface area contributed by atoms with Crippen LogP contribution in [-0.4, -0.2) is 79.8 Å². The van der Waals surface area contributed by atoms with Gasteiger partial charge in [0, 0.05) is 73.6 Å². The van der Waals surface area contributed by atoms with E-state index in [1.54, 1.807) is 20.3 Å². The Hall–Kier alpha value is -2.78. The highest BCUT2D eigenvalue weighted by Crippen LogP contribution is 2.46. The largest absolute Gasteiger partial charge is 0.495 e. The van der Waals surface area contributed by atoms with Crippen molar-refractivity contribution in [1.29, 1.82) is 0 Å². The molecule has 4 heterocycles. The van der Waals surface area contributed by atoms with Crippen LogP contribution < -0.4 is 14.4 Å². The number of fused-ring (bicyclic) bond motifs is 1. The molecule has 38 heavy (non-hydrogen) atoms. The zero-order valence-corrected chi connectivity index (χ0v) is 23.8. The molecular formula is C28H33Cl2N5O3. The summed E-state index contributed by atoms with van der Waals surface area (Å²) < 4.78 is 18.5. The maximum atomic E-state index is 6.74. The number of anilines is 1. The van der Waals surface area contributed by atoms with Crippen molar-refractivity contribution in [3.8, 4) is 22.8 Å². The lowest BCUT2D eigenvalue weighted by atomic mass is 9.96. The van der Waals surface area contributed by atoms with E-state index in [0.717, 1.165) is 85.3 Å². The number of aryl methyl sites for hydroxylation is 1. The second-order valence-electron chi connectivity index (χ2n) is 9.44. The number of aromatic nitrogens is 3. The second-order valence-corrected chi connectivity index (χ2v) is 10.2. The fraction of sp³-hybridized carbons (Fsp3) is 0.429. The fourth-order valence-corrected chi connectivity index (χ4v) is 5.81. The molecule has 0 unspecified atom stereocenters. The SMILES string of the molecule is CCN1CC(c2c(Cl)c(OC)cc(OC)c2Cl)=Cc2cnc(-c3cn(CCN4CCOCC4)nc3C)cc21. The molecule has 0 spiro atoms. The average molecular weight is 559 g/mol. The number of morpholine rings is 1. The third-order valence-electron chi connectivity index (χ3n) is 7.19. The van der Waals surface area contributed by atoms with Crippen molar-refractivity contribution in [2.24, 2.45) is 0 Å². The number of rotatable bonds is 8. The fourth-order valence-electron chi connectivity index (χ4n) is 5.07. The van der Waals surface area contributed by atoms with Gasteiger partial charge in [0.1, 0.15) is 11.5 Å². The lowest BCUT2D eigenvalue weighted by Crippen LogP contribution is -2.38. The molecule has 0 radical (unpaired) electrons. The highest BCUT2D eigenvalue weighted by molar-refractivity contribution is 6.39. The molecule has 2 aromatic heterocycles. The molecule has 10 heteroatoms. The number of ether oxygens (including phenoxy) is 3. The van der Waals surface area contributed by atoms with Crippen LogP contribution in [0.5, 0.6) is 11.5 Å². The smallest absolute Gasteiger partial charge is 0.141 e. The number of halogens is 2. The first-order valence-corrected chi connectivity index (χ1v) is 13.6. The van der Waals surface area contributed by atoms with Crippen molar-refractivity contribution >= 4 is 40.5 Å². The Morgan fingerprint density at radius 2 is 1.74 bits per heavy atom. The van der Waals surface area contributed by atoms with Crippen LogP contribution in [0.25, 0.3) is 22.9 Å². The molecule has 1 fully saturated rings. The van der Waals surface area contributed by atoms with Crippen molar-refractivity contribution in [2.75, 3.05) is 65.1 Å². The Morgan fingerprint density at radius 3 is 2.39 bits per heavy atom. The maximum Gasteiger partial charge on any atom is 0.141 e. The molecule has 202 valence electrons. The van der Waals surface area contributed by atoms with Crippen LogP contribution in [0.15, 0.2) is 24.5 Å². The Labute approximate surface area is 233 Å². The maximum absolute atomic E-state index is 6.74. The van der Waals surface area contributed by atoms with Gasteiger partial charge in [0.25, 0.3) is 0 Å². The van der Waals surface area contributed by atoms with Crippen molar-refractivity contribution < 1.29 is 14.2 Å². The molecule has 1 saturated heterocycles. The van der Waals surface area contributed by atoms with E-state index in [1.807, 2.05) is 17.8 Å². The van der Waals surface area contributed by atoms with E-state index in [-0.39, 0.29) is 0 Å². The minimum atomic E-state index is 0.466. The van der Waals surface area contributed by atoms with Crippen LogP contribution in [-0.2, 0) is 11.3 Å². The van der Waals surface area contributed by atoms with Gasteiger partial charge in [-0.3, -0.25) is 14.6 Å². The van der Waals surface area contributed by atoms with Gasteiger partial charge in [0.2, 0.25) is 0 Å². The molecule has 2 aliphatic heterocycles. The normalized spacial score (nSPS) is 15.8. The van der Waals surface area contributed by atoms with Crippen molar-refractivity contribution in [1.82, 2.24) is 19.7 Å². The van der Waals surface area contributed by atoms with E-state index in [4.69, 9.17) is 47.5 Å². The number of hydrogen-bond acceptors (Lipinski definition) is 7. The van der Waals surface area contributed by atoms with Gasteiger partial charge in [-0.1, -0.05) is 23.2 Å². The first-order valence-electron chi connectivity index (χ1n) is 12.8. The first-order chi connectivity index (χ1) is 18.4. The molecule has 0 amide bonds. The van der Waals surface area contributed by atoms with Crippen LogP contribution in [0.2, 0.25) is 10.0 Å². The Kier molecular flexibility index (Phi) is 8.14. The standard InChI is InChI=1S/C28H33Cl2N5O3/c1-5-34-16-20(26-27(29)24(36-3)14-25(37-4)28(26)30)12-19-15-31-22(13-23(19)34)21-17-35(32-18(21)2)7-6-33-8-10-38-11-9-33/h12-15,17H,5-11,16H2,1-4H3. The molecule has 3 aromatic rings. The number of likely N-dealkylation sites (N-methyl/N-ethyl adjacent to an activating group) is 1. The lowest BCUT2D eigenvalue weighted by Gasteiger charge is -2.31. The highest BCUT2D eigenvalue weighted by atomic mass is 35.5. The number of methoxy groups -OCH3 is 2. The predicted molar refractivity (Wildman–Crippen MR) is 153 cm³/mol. The van der Waals surface area contributed by atoms with Gasteiger partial charge in [0.15, 0.2) is 0 Å². The lowest BCUT2D eigenvalue weighted by molar-refractivity contribution is 0.0359. The zero-order chi connectivity index (χ0) is 26.8. The van der Waals surface area contributed by atoms with E-state index in [2.05, 4.69) is 35.1 Å². The zero-order valence-electron chi connectivity index (χ0n) is 22.3. The second kappa shape index (κ2) is 11.5. The summed E-state index contributed by atoms with van der Waals surface area (Å²) in [6, 6.07) is 3.86. The van der Waals surface area contributed by atoms with Crippen LogP contribution in [0.1, 0.15) is 23.7 Å². The summed E-state index contributed by atoms with van der Waals surface area (Å²) >= 11 is 13.5. The summed E-state index contributed by atoms with van der Waals surface area (Å²) in [4.78, 5) is 9.54. The molecule has 0 saturated carbocycles. The van der Waals surface area contributed by atoms with Crippen molar-refractivity contribution in [3.63, 3.8) is 0 Å². The van der Waals surface area contributed by atoms with Gasteiger partial charge in [0.05, 0.1) is 55.4 Å². The van der Waals surface area contributed by atoms with Gasteiger partial charge in [-0.15, -0.1) is 0 Å². The highest BCUT2D eigenvalue weighted by Gasteiger charge is 2.26. The molecule has 0 atom stereocenters. The molecule has 1 aromatic carbocycles. The van der Waals surface area contributed by atoms with Gasteiger partial charge >= 0.3 is 0 Å². The Balaban J connectivity index is 1.46. The van der Waals surface area contributed by atoms with E-state index in [1.165, 1.54) is 0 Å². The predicted octanol–water partition coefficient (Wildman–Crippen LogP) is 5.29. The van der Waals surface area contributed by atoms with Crippen molar-refractivity contribution in [3.05, 3.63) is 51.4 Å². The molecule has 8 nitrogen and oxygen atoms in total. The molecule has 0 bridgehead atoms. The summed E-state index contributed by atoms with van der Waals surface area (Å²) in [7, 11) is 3.17. The minimum absolute atomic E-state index is 0.466. The number of nitrogens with zero attached hydrogens (tertiary/aromatic N) is 5. The van der Waals surface area contributed by atoms with Gasteiger partial charge in [-0.2, -0.15) is 5.10 Å². The summed E-state index contributed by atoms with van der Waals surface area (Å²) in [5.41, 5.74) is 6.74. The third-order valence-corrected chi connectivity index (χ3v) is 7.94. The van der Waals surface area contributed by atoms with Crippen LogP contribution >= 0.6 is 23.2 Å². The third kappa shape index (κ3) is 5.23. The summed E-state index contributed by atoms with van der Waals surface area (Å²) in [6.07, 6.45) is 6.12. The first kappa shape index (κ1) is 26.8. The number of pyridine rings is 1. The van der Waals surface area contributed by atoms with Crippen LogP contribution in [0.3, 0.4) is 0 Å². The summed E-state index contributed by atoms with van der Waals surface area (Å²) in [6.45, 7) is 11.0. The van der Waals surface area contributed by atoms with Gasteiger partial charge in [-0.25, -0.2) is 0 Å². The van der Waals surface area contributed by atoms with E-state index < -0.39 is 0 Å². The van der Waals surface area contributed by atoms with E-state index in [9.17, 15) is 0 Å². The molecular weight excluding hydrogens is 525 g/mol. The average Bonchev–Trinajstić information content (AvgIpc) is 3.32. The number of hydrogen-bond donors (Lipinski definition) is 0. The van der Waals surface area contributed by atoms with Crippen molar-refractivity contribution in [2.45, 2.75) is 20.4 Å². The minimum Gasteiger partial charge on any atom is -0.495 e. The van der Waals surface area contributed by atoms with E-state index in [0.29, 0.717) is 28.1 Å².